The molecule has 52 heteroatoms. The normalized spacial score (nSPS) is 10.2. The second-order valence-corrected chi connectivity index (χ2v) is 15.9. The SMILES string of the molecule is C/C(=N\N=C(/[O-])c1cc(C)[nH]n1)c1ccccn1.C/C(=N\N=C(/[O-])c1cc(C)[nH]n1)c1ccccn1.C/C(=N\N=C(/[O-])c1cc(C)[nH]n1)c1ccccn1.C/C(=N\N=C(/[O-])c1cc(C)[nH]n1)c1ccccn1.O.O.O.O.O.O.O.O.O=[N+]([O-])[O-].O=[N+]([O-])[O-].O=[N+]([O-])[O-].O=[N+]([O-])[O-].[Cu+2].[Cu+2].[Cu+2].[Cu+2]. The molecule has 564 valence electrons. The molecule has 8 heterocycles. The van der Waals surface area contributed by atoms with Crippen molar-refractivity contribution in [2.45, 2.75) is 55.4 Å². The Bertz CT molecular complexity index is 3220. The molecule has 0 aliphatic carbocycles. The topological polar surface area (TPSA) is 874 Å². The number of rotatable bonds is 12. The quantitative estimate of drug-likeness (QED) is 0.0293. The van der Waals surface area contributed by atoms with E-state index in [1.807, 2.05) is 76.2 Å². The molecular weight excluding hydrogens is 1550 g/mol. The van der Waals surface area contributed by atoms with E-state index < -0.39 is 43.9 Å². The number of hydrogen-bond acceptors (Lipinski definition) is 32. The summed E-state index contributed by atoms with van der Waals surface area (Å²) in [7, 11) is 0. The predicted octanol–water partition coefficient (Wildman–Crippen LogP) is -4.99. The van der Waals surface area contributed by atoms with E-state index in [2.05, 4.69) is 102 Å². The average Bonchev–Trinajstić information content (AvgIpc) is 1.64. The van der Waals surface area contributed by atoms with Crippen LogP contribution in [-0.2, 0) is 68.3 Å². The Balaban J connectivity index is -0.0000000926. The van der Waals surface area contributed by atoms with Gasteiger partial charge in [-0.15, -0.1) is 0 Å². The van der Waals surface area contributed by atoms with E-state index in [9.17, 15) is 20.4 Å². The zero-order chi connectivity index (χ0) is 66.1. The van der Waals surface area contributed by atoms with Crippen molar-refractivity contribution in [2.75, 3.05) is 0 Å². The molecule has 0 fully saturated rings. The Kier molecular flexibility index (Phi) is 75.1. The van der Waals surface area contributed by atoms with E-state index >= 15 is 0 Å². The van der Waals surface area contributed by atoms with Crippen LogP contribution in [0.1, 0.15) is 96.0 Å². The van der Waals surface area contributed by atoms with Crippen LogP contribution in [0.25, 0.3) is 0 Å². The molecule has 4 radical (unpaired) electrons. The fraction of sp³-hybridized carbons (Fsp3) is 0.167. The average molecular weight is 1620 g/mol. The minimum atomic E-state index is -1.75. The molecule has 0 spiro atoms. The van der Waals surface area contributed by atoms with Crippen LogP contribution in [-0.4, -0.2) is 171 Å². The number of aryl methyl sites for hydroxylation is 4. The first-order valence-corrected chi connectivity index (χ1v) is 23.8. The van der Waals surface area contributed by atoms with Gasteiger partial charge in [0.1, 0.15) is 0 Å². The Morgan fingerprint density at radius 2 is 0.450 bits per heavy atom. The summed E-state index contributed by atoms with van der Waals surface area (Å²) in [6.45, 7) is 14.2. The van der Waals surface area contributed by atoms with Crippen LogP contribution in [0.2, 0.25) is 0 Å². The Hall–Kier alpha value is -11.4. The van der Waals surface area contributed by atoms with Crippen LogP contribution in [0, 0.1) is 89.0 Å². The van der Waals surface area contributed by atoms with Crippen LogP contribution in [0.15, 0.2) is 163 Å². The van der Waals surface area contributed by atoms with Gasteiger partial charge in [-0.05, 0) is 128 Å². The van der Waals surface area contributed by atoms with Gasteiger partial charge in [0.2, 0.25) is 0 Å². The summed E-state index contributed by atoms with van der Waals surface area (Å²) in [6.07, 6.45) is 6.64. The van der Waals surface area contributed by atoms with Crippen LogP contribution in [0.5, 0.6) is 0 Å². The first kappa shape index (κ1) is 116. The molecule has 0 saturated carbocycles. The standard InChI is InChI=1S/4C12H13N5O.4Cu.4NO3.8H2O/c4*1-8-7-11(16-14-8)12(18)17-15-9(2)10-5-3-4-6-13-10;;;;;4*2-1(3)4;;;;;;;;/h4*3-7H,1-2H3,(H,14,16)(H,17,18);;;;;;;;;8*1H2/q;;;;4*+2;4*-1;;;;;;;;/p-4/b4*15-9+;;;;;;;;;;;;;;;;. The fourth-order valence-electron chi connectivity index (χ4n) is 5.31. The molecule has 8 rings (SSSR count). The predicted molar refractivity (Wildman–Crippen MR) is 336 cm³/mol. The molecule has 8 aromatic rings. The van der Waals surface area contributed by atoms with Gasteiger partial charge in [-0.1, -0.05) is 24.3 Å². The molecule has 0 aliphatic rings. The number of nitrogens with zero attached hydrogens (tertiary/aromatic N) is 20. The van der Waals surface area contributed by atoms with Crippen molar-refractivity contribution in [3.63, 3.8) is 0 Å². The molecule has 0 unspecified atom stereocenters. The van der Waals surface area contributed by atoms with Gasteiger partial charge in [0.25, 0.3) is 0 Å². The van der Waals surface area contributed by atoms with Crippen molar-refractivity contribution < 1.29 is 153 Å². The molecule has 0 atom stereocenters. The van der Waals surface area contributed by atoms with Crippen LogP contribution in [0.4, 0.5) is 0 Å². The minimum absolute atomic E-state index is 0. The second kappa shape index (κ2) is 64.9. The summed E-state index contributed by atoms with van der Waals surface area (Å²) in [5, 5.41) is 161. The zero-order valence-electron chi connectivity index (χ0n) is 52.2. The first-order valence-electron chi connectivity index (χ1n) is 23.8. The van der Waals surface area contributed by atoms with Crippen LogP contribution < -0.4 is 20.4 Å². The number of aromatic amines is 4. The fourth-order valence-corrected chi connectivity index (χ4v) is 5.31. The van der Waals surface area contributed by atoms with E-state index in [4.69, 9.17) is 61.3 Å². The number of H-pyrrole nitrogens is 4. The third-order valence-corrected chi connectivity index (χ3v) is 9.01. The second-order valence-electron chi connectivity index (χ2n) is 15.9. The smallest absolute Gasteiger partial charge is 0.856 e. The third-order valence-electron chi connectivity index (χ3n) is 9.01. The largest absolute Gasteiger partial charge is 2.00 e. The van der Waals surface area contributed by atoms with E-state index in [0.717, 1.165) is 22.8 Å². The van der Waals surface area contributed by atoms with Crippen molar-refractivity contribution >= 4 is 46.4 Å². The van der Waals surface area contributed by atoms with E-state index in [0.29, 0.717) is 45.6 Å². The van der Waals surface area contributed by atoms with Crippen LogP contribution >= 0.6 is 0 Å². The van der Waals surface area contributed by atoms with Crippen molar-refractivity contribution in [1.29, 1.82) is 0 Å². The Morgan fingerprint density at radius 1 is 0.300 bits per heavy atom. The third kappa shape index (κ3) is 53.8. The van der Waals surface area contributed by atoms with Gasteiger partial charge in [0.15, 0.2) is 0 Å². The maximum Gasteiger partial charge on any atom is 2.00 e. The zero-order valence-corrected chi connectivity index (χ0v) is 56.0. The van der Waals surface area contributed by atoms with Crippen molar-refractivity contribution in [2.24, 2.45) is 40.8 Å². The summed E-state index contributed by atoms with van der Waals surface area (Å²) in [5.74, 6) is -1.91. The molecule has 100 heavy (non-hydrogen) atoms. The molecule has 48 nitrogen and oxygen atoms in total. The molecule has 8 aromatic heterocycles. The van der Waals surface area contributed by atoms with Gasteiger partial charge in [0.05, 0.1) is 88.7 Å². The first-order chi connectivity index (χ1) is 41.6. The van der Waals surface area contributed by atoms with Crippen molar-refractivity contribution in [3.8, 4) is 0 Å². The maximum absolute atomic E-state index is 11.6. The van der Waals surface area contributed by atoms with Gasteiger partial charge in [-0.2, -0.15) is 61.2 Å². The van der Waals surface area contributed by atoms with Gasteiger partial charge in [-0.25, -0.2) is 0 Å². The molecule has 0 bridgehead atoms. The van der Waals surface area contributed by atoms with Gasteiger partial charge >= 0.3 is 68.3 Å². The Morgan fingerprint density at radius 3 is 0.560 bits per heavy atom. The van der Waals surface area contributed by atoms with Gasteiger partial charge in [0, 0.05) is 71.2 Å². The molecule has 0 aliphatic heterocycles. The van der Waals surface area contributed by atoms with Crippen molar-refractivity contribution in [3.05, 3.63) is 251 Å². The molecule has 0 aromatic carbocycles. The summed E-state index contributed by atoms with van der Waals surface area (Å²) < 4.78 is 0. The van der Waals surface area contributed by atoms with E-state index in [1.54, 1.807) is 101 Å². The number of nitrogens with one attached hydrogen (secondary N) is 4. The monoisotopic (exact) mass is 1610 g/mol. The van der Waals surface area contributed by atoms with E-state index in [1.165, 1.54) is 0 Å². The number of hydrogen-bond donors (Lipinski definition) is 4. The summed E-state index contributed by atoms with van der Waals surface area (Å²) >= 11 is 0. The molecule has 20 N–H and O–H groups in total. The van der Waals surface area contributed by atoms with Gasteiger partial charge in [-0.3, -0.25) is 40.3 Å². The van der Waals surface area contributed by atoms with Crippen LogP contribution in [0.3, 0.4) is 0 Å². The maximum atomic E-state index is 11.6. The molecule has 0 amide bonds. The summed E-state index contributed by atoms with van der Waals surface area (Å²) in [4.78, 5) is 49.4. The van der Waals surface area contributed by atoms with Gasteiger partial charge < -0.3 is 126 Å². The molecular formula is C48H64Cu4N24O24. The Labute approximate surface area is 604 Å². The summed E-state index contributed by atoms with van der Waals surface area (Å²) in [6, 6.07) is 28.3. The minimum Gasteiger partial charge on any atom is -0.856 e. The van der Waals surface area contributed by atoms with E-state index in [-0.39, 0.29) is 135 Å². The van der Waals surface area contributed by atoms with Crippen molar-refractivity contribution in [1.82, 2.24) is 60.7 Å². The number of pyridine rings is 4. The number of aromatic nitrogens is 12. The molecule has 0 saturated heterocycles. The summed E-state index contributed by atoms with van der Waals surface area (Å²) in [5.41, 5.74) is 9.31.